The summed E-state index contributed by atoms with van der Waals surface area (Å²) in [5.74, 6) is 1.98. The van der Waals surface area contributed by atoms with Crippen molar-refractivity contribution in [2.24, 2.45) is 0 Å². The highest BCUT2D eigenvalue weighted by Crippen LogP contribution is 2.15. The molecule has 0 spiro atoms. The zero-order valence-electron chi connectivity index (χ0n) is 14.1. The molecule has 1 aromatic rings. The van der Waals surface area contributed by atoms with Gasteiger partial charge < -0.3 is 10.2 Å². The molecule has 2 amide bonds. The van der Waals surface area contributed by atoms with Gasteiger partial charge in [0.2, 0.25) is 11.8 Å². The maximum Gasteiger partial charge on any atom is 0.238 e. The molecule has 24 heavy (non-hydrogen) atoms. The van der Waals surface area contributed by atoms with Crippen molar-refractivity contribution in [2.45, 2.75) is 38.3 Å². The number of thioether (sulfide) groups is 1. The molecule has 1 unspecified atom stereocenters. The number of carbonyl (C=O) groups excluding carboxylic acids is 2. The van der Waals surface area contributed by atoms with Crippen LogP contribution in [-0.4, -0.2) is 53.5 Å². The minimum atomic E-state index is -0.0593. The van der Waals surface area contributed by atoms with Crippen LogP contribution in [0.25, 0.3) is 0 Å². The van der Waals surface area contributed by atoms with E-state index in [1.54, 1.807) is 11.8 Å². The Kier molecular flexibility index (Phi) is 5.79. The number of rotatable bonds is 4. The van der Waals surface area contributed by atoms with Crippen molar-refractivity contribution in [1.82, 2.24) is 15.5 Å². The van der Waals surface area contributed by atoms with E-state index in [0.29, 0.717) is 6.42 Å². The Balaban J connectivity index is 1.44. The SMILES string of the molecule is Cc1cccc(CC(=O)N2CCC(NC(=O)C3CSCN3)CC2)c1. The lowest BCUT2D eigenvalue weighted by atomic mass is 10.0. The fraction of sp³-hybridized carbons (Fsp3) is 0.556. The molecule has 2 fully saturated rings. The number of piperidine rings is 1. The second-order valence-electron chi connectivity index (χ2n) is 6.60. The number of benzene rings is 1. The Morgan fingerprint density at radius 2 is 2.12 bits per heavy atom. The number of hydrogen-bond donors (Lipinski definition) is 2. The minimum absolute atomic E-state index is 0.0593. The molecule has 2 heterocycles. The van der Waals surface area contributed by atoms with Crippen molar-refractivity contribution in [2.75, 3.05) is 24.7 Å². The maximum atomic E-state index is 12.4. The number of amides is 2. The van der Waals surface area contributed by atoms with Gasteiger partial charge in [-0.3, -0.25) is 14.9 Å². The molecule has 2 aliphatic rings. The average molecular weight is 347 g/mol. The first-order chi connectivity index (χ1) is 11.6. The molecule has 5 nitrogen and oxygen atoms in total. The van der Waals surface area contributed by atoms with Gasteiger partial charge in [0.25, 0.3) is 0 Å². The van der Waals surface area contributed by atoms with E-state index in [9.17, 15) is 9.59 Å². The predicted molar refractivity (Wildman–Crippen MR) is 96.9 cm³/mol. The van der Waals surface area contributed by atoms with E-state index in [2.05, 4.69) is 16.7 Å². The van der Waals surface area contributed by atoms with Crippen molar-refractivity contribution < 1.29 is 9.59 Å². The average Bonchev–Trinajstić information content (AvgIpc) is 3.10. The third kappa shape index (κ3) is 4.51. The summed E-state index contributed by atoms with van der Waals surface area (Å²) < 4.78 is 0. The van der Waals surface area contributed by atoms with Crippen molar-refractivity contribution in [3.8, 4) is 0 Å². The van der Waals surface area contributed by atoms with Gasteiger partial charge in [0, 0.05) is 30.8 Å². The third-order valence-corrected chi connectivity index (χ3v) is 5.60. The van der Waals surface area contributed by atoms with Crippen molar-refractivity contribution >= 4 is 23.6 Å². The van der Waals surface area contributed by atoms with Crippen LogP contribution in [0.1, 0.15) is 24.0 Å². The fourth-order valence-corrected chi connectivity index (χ4v) is 4.19. The topological polar surface area (TPSA) is 61.4 Å². The lowest BCUT2D eigenvalue weighted by molar-refractivity contribution is -0.131. The van der Waals surface area contributed by atoms with E-state index >= 15 is 0 Å². The monoisotopic (exact) mass is 347 g/mol. The summed E-state index contributed by atoms with van der Waals surface area (Å²) in [7, 11) is 0. The van der Waals surface area contributed by atoms with Gasteiger partial charge in [-0.15, -0.1) is 11.8 Å². The van der Waals surface area contributed by atoms with Gasteiger partial charge >= 0.3 is 0 Å². The molecule has 1 aromatic carbocycles. The maximum absolute atomic E-state index is 12.4. The van der Waals surface area contributed by atoms with Gasteiger partial charge in [-0.1, -0.05) is 29.8 Å². The second kappa shape index (κ2) is 8.03. The van der Waals surface area contributed by atoms with Crippen LogP contribution in [0, 0.1) is 6.92 Å². The fourth-order valence-electron chi connectivity index (χ4n) is 3.25. The molecule has 2 saturated heterocycles. The molecule has 0 aromatic heterocycles. The zero-order valence-corrected chi connectivity index (χ0v) is 14.9. The van der Waals surface area contributed by atoms with Gasteiger partial charge in [0.05, 0.1) is 12.5 Å². The Morgan fingerprint density at radius 3 is 2.79 bits per heavy atom. The highest BCUT2D eigenvalue weighted by atomic mass is 32.2. The summed E-state index contributed by atoms with van der Waals surface area (Å²) in [6, 6.07) is 8.24. The van der Waals surface area contributed by atoms with Gasteiger partial charge in [0.1, 0.15) is 0 Å². The molecular formula is C18H25N3O2S. The number of nitrogens with zero attached hydrogens (tertiary/aromatic N) is 1. The van der Waals surface area contributed by atoms with Crippen LogP contribution in [0.2, 0.25) is 0 Å². The lowest BCUT2D eigenvalue weighted by Crippen LogP contribution is -2.51. The Hall–Kier alpha value is -1.53. The first-order valence-corrected chi connectivity index (χ1v) is 9.72. The van der Waals surface area contributed by atoms with E-state index in [4.69, 9.17) is 0 Å². The van der Waals surface area contributed by atoms with E-state index in [1.807, 2.05) is 30.0 Å². The van der Waals surface area contributed by atoms with E-state index in [-0.39, 0.29) is 23.9 Å². The molecular weight excluding hydrogens is 322 g/mol. The summed E-state index contributed by atoms with van der Waals surface area (Å²) in [6.07, 6.45) is 2.14. The second-order valence-corrected chi connectivity index (χ2v) is 7.63. The number of hydrogen-bond acceptors (Lipinski definition) is 4. The molecule has 3 rings (SSSR count). The van der Waals surface area contributed by atoms with E-state index in [0.717, 1.165) is 43.1 Å². The first-order valence-electron chi connectivity index (χ1n) is 8.56. The third-order valence-electron chi connectivity index (χ3n) is 4.66. The molecule has 0 radical (unpaired) electrons. The summed E-state index contributed by atoms with van der Waals surface area (Å²) in [5, 5.41) is 6.32. The molecule has 6 heteroatoms. The van der Waals surface area contributed by atoms with Crippen molar-refractivity contribution in [1.29, 1.82) is 0 Å². The molecule has 2 N–H and O–H groups in total. The van der Waals surface area contributed by atoms with Crippen molar-refractivity contribution in [3.05, 3.63) is 35.4 Å². The minimum Gasteiger partial charge on any atom is -0.352 e. The first kappa shape index (κ1) is 17.3. The summed E-state index contributed by atoms with van der Waals surface area (Å²) in [6.45, 7) is 3.49. The van der Waals surface area contributed by atoms with Crippen LogP contribution in [0.5, 0.6) is 0 Å². The lowest BCUT2D eigenvalue weighted by Gasteiger charge is -2.33. The molecule has 0 bridgehead atoms. The summed E-state index contributed by atoms with van der Waals surface area (Å²) in [5.41, 5.74) is 2.25. The van der Waals surface area contributed by atoms with Crippen molar-refractivity contribution in [3.63, 3.8) is 0 Å². The van der Waals surface area contributed by atoms with E-state index in [1.165, 1.54) is 5.56 Å². The molecule has 2 aliphatic heterocycles. The highest BCUT2D eigenvalue weighted by molar-refractivity contribution is 7.99. The summed E-state index contributed by atoms with van der Waals surface area (Å²) >= 11 is 1.75. The largest absolute Gasteiger partial charge is 0.352 e. The molecule has 130 valence electrons. The van der Waals surface area contributed by atoms with Gasteiger partial charge in [-0.2, -0.15) is 0 Å². The van der Waals surface area contributed by atoms with Crippen LogP contribution < -0.4 is 10.6 Å². The standard InChI is InChI=1S/C18H25N3O2S/c1-13-3-2-4-14(9-13)10-17(22)21-7-5-15(6-8-21)20-18(23)16-11-24-12-19-16/h2-4,9,15-16,19H,5-8,10-12H2,1H3,(H,20,23). The number of likely N-dealkylation sites (tertiary alicyclic amines) is 1. The quantitative estimate of drug-likeness (QED) is 0.862. The molecule has 0 aliphatic carbocycles. The Bertz CT molecular complexity index is 594. The smallest absolute Gasteiger partial charge is 0.238 e. The van der Waals surface area contributed by atoms with Crippen LogP contribution >= 0.6 is 11.8 Å². The van der Waals surface area contributed by atoms with Crippen LogP contribution in [0.4, 0.5) is 0 Å². The Morgan fingerprint density at radius 1 is 1.33 bits per heavy atom. The number of nitrogens with one attached hydrogen (secondary N) is 2. The molecule has 0 saturated carbocycles. The van der Waals surface area contributed by atoms with Crippen LogP contribution in [0.15, 0.2) is 24.3 Å². The van der Waals surface area contributed by atoms with Gasteiger partial charge in [-0.25, -0.2) is 0 Å². The Labute approximate surface area is 147 Å². The van der Waals surface area contributed by atoms with Gasteiger partial charge in [0.15, 0.2) is 0 Å². The summed E-state index contributed by atoms with van der Waals surface area (Å²) in [4.78, 5) is 26.5. The highest BCUT2D eigenvalue weighted by Gasteiger charge is 2.27. The predicted octanol–water partition coefficient (Wildman–Crippen LogP) is 1.31. The van der Waals surface area contributed by atoms with Crippen LogP contribution in [-0.2, 0) is 16.0 Å². The number of aryl methyl sites for hydroxylation is 1. The number of carbonyl (C=O) groups is 2. The van der Waals surface area contributed by atoms with Crippen LogP contribution in [0.3, 0.4) is 0 Å². The normalized spacial score (nSPS) is 21.7. The van der Waals surface area contributed by atoms with E-state index < -0.39 is 0 Å². The molecule has 1 atom stereocenters. The van der Waals surface area contributed by atoms with Gasteiger partial charge in [-0.05, 0) is 25.3 Å². The zero-order chi connectivity index (χ0) is 16.9.